The van der Waals surface area contributed by atoms with Crippen LogP contribution in [-0.2, 0) is 11.2 Å². The summed E-state index contributed by atoms with van der Waals surface area (Å²) < 4.78 is 0. The van der Waals surface area contributed by atoms with Crippen molar-refractivity contribution < 1.29 is 19.8 Å². The van der Waals surface area contributed by atoms with Gasteiger partial charge in [-0.2, -0.15) is 0 Å². The molecule has 6 heteroatoms. The normalized spacial score (nSPS) is 11.7. The van der Waals surface area contributed by atoms with E-state index in [9.17, 15) is 9.59 Å². The zero-order valence-corrected chi connectivity index (χ0v) is 10.0. The summed E-state index contributed by atoms with van der Waals surface area (Å²) in [6, 6.07) is 6.76. The zero-order chi connectivity index (χ0) is 13.5. The molecular formula is C12H16N2O4. The fraction of sp³-hybridized carbons (Fsp3) is 0.333. The van der Waals surface area contributed by atoms with Crippen molar-refractivity contribution in [3.05, 3.63) is 29.8 Å². The first-order chi connectivity index (χ1) is 8.52. The van der Waals surface area contributed by atoms with E-state index in [2.05, 4.69) is 10.6 Å². The number of aliphatic hydroxyl groups is 1. The van der Waals surface area contributed by atoms with Gasteiger partial charge in [-0.15, -0.1) is 0 Å². The van der Waals surface area contributed by atoms with Gasteiger partial charge in [0.1, 0.15) is 0 Å². The molecular weight excluding hydrogens is 236 g/mol. The van der Waals surface area contributed by atoms with Crippen molar-refractivity contribution in [3.63, 3.8) is 0 Å². The van der Waals surface area contributed by atoms with Crippen LogP contribution in [0.25, 0.3) is 0 Å². The minimum Gasteiger partial charge on any atom is -0.479 e. The molecule has 0 aliphatic heterocycles. The SMILES string of the molecule is CCc1cccc(NC(=O)NC[C@H](O)C(=O)O)c1. The number of hydrogen-bond acceptors (Lipinski definition) is 3. The second-order valence-corrected chi connectivity index (χ2v) is 3.74. The van der Waals surface area contributed by atoms with Crippen molar-refractivity contribution >= 4 is 17.7 Å². The summed E-state index contributed by atoms with van der Waals surface area (Å²) >= 11 is 0. The first-order valence-corrected chi connectivity index (χ1v) is 5.57. The van der Waals surface area contributed by atoms with Crippen molar-refractivity contribution in [1.29, 1.82) is 0 Å². The Bertz CT molecular complexity index is 434. The maximum Gasteiger partial charge on any atom is 0.334 e. The number of carboxylic acids is 1. The lowest BCUT2D eigenvalue weighted by atomic mass is 10.1. The zero-order valence-electron chi connectivity index (χ0n) is 10.0. The molecule has 0 aliphatic carbocycles. The molecule has 98 valence electrons. The predicted molar refractivity (Wildman–Crippen MR) is 66.5 cm³/mol. The van der Waals surface area contributed by atoms with Crippen molar-refractivity contribution in [2.24, 2.45) is 0 Å². The van der Waals surface area contributed by atoms with Gasteiger partial charge in [-0.05, 0) is 24.1 Å². The summed E-state index contributed by atoms with van der Waals surface area (Å²) in [7, 11) is 0. The van der Waals surface area contributed by atoms with Gasteiger partial charge < -0.3 is 20.8 Å². The summed E-state index contributed by atoms with van der Waals surface area (Å²) in [5.41, 5.74) is 1.70. The topological polar surface area (TPSA) is 98.7 Å². The molecule has 6 nitrogen and oxygen atoms in total. The van der Waals surface area contributed by atoms with Gasteiger partial charge in [0.15, 0.2) is 6.10 Å². The smallest absolute Gasteiger partial charge is 0.334 e. The monoisotopic (exact) mass is 252 g/mol. The minimum atomic E-state index is -1.60. The molecule has 0 saturated carbocycles. The number of carboxylic acid groups (broad SMARTS) is 1. The lowest BCUT2D eigenvalue weighted by molar-refractivity contribution is -0.146. The van der Waals surface area contributed by atoms with E-state index in [1.165, 1.54) is 0 Å². The molecule has 1 rings (SSSR count). The number of benzene rings is 1. The second-order valence-electron chi connectivity index (χ2n) is 3.74. The number of hydrogen-bond donors (Lipinski definition) is 4. The summed E-state index contributed by atoms with van der Waals surface area (Å²) in [5, 5.41) is 22.2. The fourth-order valence-electron chi connectivity index (χ4n) is 1.32. The first-order valence-electron chi connectivity index (χ1n) is 5.57. The van der Waals surface area contributed by atoms with Gasteiger partial charge in [-0.3, -0.25) is 0 Å². The van der Waals surface area contributed by atoms with Crippen molar-refractivity contribution in [1.82, 2.24) is 5.32 Å². The molecule has 1 aromatic rings. The van der Waals surface area contributed by atoms with Crippen LogP contribution in [0.2, 0.25) is 0 Å². The van der Waals surface area contributed by atoms with Gasteiger partial charge in [0.2, 0.25) is 0 Å². The molecule has 1 atom stereocenters. The Kier molecular flexibility index (Phi) is 5.13. The molecule has 0 spiro atoms. The predicted octanol–water partition coefficient (Wildman–Crippen LogP) is 0.816. The van der Waals surface area contributed by atoms with Crippen LogP contribution < -0.4 is 10.6 Å². The van der Waals surface area contributed by atoms with E-state index in [0.29, 0.717) is 5.69 Å². The van der Waals surface area contributed by atoms with E-state index in [4.69, 9.17) is 10.2 Å². The molecule has 0 saturated heterocycles. The summed E-state index contributed by atoms with van der Waals surface area (Å²) in [6.07, 6.45) is -0.743. The average molecular weight is 252 g/mol. The van der Waals surface area contributed by atoms with Crippen LogP contribution in [0.3, 0.4) is 0 Å². The highest BCUT2D eigenvalue weighted by molar-refractivity contribution is 5.89. The molecule has 0 heterocycles. The van der Waals surface area contributed by atoms with Crippen LogP contribution >= 0.6 is 0 Å². The van der Waals surface area contributed by atoms with Crippen molar-refractivity contribution in [3.8, 4) is 0 Å². The number of carbonyl (C=O) groups is 2. The highest BCUT2D eigenvalue weighted by Crippen LogP contribution is 2.10. The van der Waals surface area contributed by atoms with Crippen LogP contribution in [0.5, 0.6) is 0 Å². The third-order valence-corrected chi connectivity index (χ3v) is 2.33. The molecule has 0 bridgehead atoms. The van der Waals surface area contributed by atoms with Gasteiger partial charge >= 0.3 is 12.0 Å². The largest absolute Gasteiger partial charge is 0.479 e. The number of aliphatic hydroxyl groups excluding tert-OH is 1. The summed E-state index contributed by atoms with van der Waals surface area (Å²) in [5.74, 6) is -1.37. The molecule has 0 unspecified atom stereocenters. The number of nitrogens with one attached hydrogen (secondary N) is 2. The quantitative estimate of drug-likeness (QED) is 0.623. The number of urea groups is 1. The second kappa shape index (κ2) is 6.61. The lowest BCUT2D eigenvalue weighted by Crippen LogP contribution is -2.38. The number of amides is 2. The summed E-state index contributed by atoms with van der Waals surface area (Å²) in [4.78, 5) is 21.7. The molecule has 0 fully saturated rings. The van der Waals surface area contributed by atoms with Gasteiger partial charge in [0.25, 0.3) is 0 Å². The molecule has 2 amide bonds. The number of anilines is 1. The van der Waals surface area contributed by atoms with E-state index in [0.717, 1.165) is 12.0 Å². The Labute approximate surface area is 105 Å². The Hall–Kier alpha value is -2.08. The average Bonchev–Trinajstić information content (AvgIpc) is 2.36. The molecule has 0 aromatic heterocycles. The lowest BCUT2D eigenvalue weighted by Gasteiger charge is -2.10. The van der Waals surface area contributed by atoms with Crippen LogP contribution in [-0.4, -0.2) is 34.9 Å². The fourth-order valence-corrected chi connectivity index (χ4v) is 1.32. The van der Waals surface area contributed by atoms with E-state index >= 15 is 0 Å². The third-order valence-electron chi connectivity index (χ3n) is 2.33. The highest BCUT2D eigenvalue weighted by Gasteiger charge is 2.13. The first kappa shape index (κ1) is 14.0. The Morgan fingerprint density at radius 3 is 2.72 bits per heavy atom. The highest BCUT2D eigenvalue weighted by atomic mass is 16.4. The molecule has 0 aliphatic rings. The molecule has 1 aromatic carbocycles. The van der Waals surface area contributed by atoms with Gasteiger partial charge in [-0.1, -0.05) is 19.1 Å². The van der Waals surface area contributed by atoms with Crippen LogP contribution in [0.15, 0.2) is 24.3 Å². The standard InChI is InChI=1S/C12H16N2O4/c1-2-8-4-3-5-9(6-8)14-12(18)13-7-10(15)11(16)17/h3-6,10,15H,2,7H2,1H3,(H,16,17)(H2,13,14,18)/t10-/m0/s1. The Morgan fingerprint density at radius 2 is 2.11 bits per heavy atom. The summed E-state index contributed by atoms with van der Waals surface area (Å²) in [6.45, 7) is 1.66. The number of carbonyl (C=O) groups excluding carboxylic acids is 1. The third kappa shape index (κ3) is 4.42. The van der Waals surface area contributed by atoms with Crippen molar-refractivity contribution in [2.45, 2.75) is 19.4 Å². The maximum atomic E-state index is 11.4. The Morgan fingerprint density at radius 1 is 1.39 bits per heavy atom. The number of rotatable bonds is 5. The van der Waals surface area contributed by atoms with Crippen LogP contribution in [0, 0.1) is 0 Å². The van der Waals surface area contributed by atoms with E-state index in [1.807, 2.05) is 25.1 Å². The molecule has 0 radical (unpaired) electrons. The van der Waals surface area contributed by atoms with E-state index < -0.39 is 18.1 Å². The molecule has 4 N–H and O–H groups in total. The van der Waals surface area contributed by atoms with Gasteiger partial charge in [0.05, 0.1) is 6.54 Å². The number of aliphatic carboxylic acids is 1. The van der Waals surface area contributed by atoms with E-state index in [-0.39, 0.29) is 6.54 Å². The van der Waals surface area contributed by atoms with Crippen molar-refractivity contribution in [2.75, 3.05) is 11.9 Å². The van der Waals surface area contributed by atoms with Crippen LogP contribution in [0.4, 0.5) is 10.5 Å². The minimum absolute atomic E-state index is 0.339. The van der Waals surface area contributed by atoms with E-state index in [1.54, 1.807) is 6.07 Å². The van der Waals surface area contributed by atoms with Crippen LogP contribution in [0.1, 0.15) is 12.5 Å². The van der Waals surface area contributed by atoms with Gasteiger partial charge in [0, 0.05) is 5.69 Å². The number of aryl methyl sites for hydroxylation is 1. The molecule has 18 heavy (non-hydrogen) atoms. The Balaban J connectivity index is 2.46. The van der Waals surface area contributed by atoms with Gasteiger partial charge in [-0.25, -0.2) is 9.59 Å². The maximum absolute atomic E-state index is 11.4.